The fraction of sp³-hybridized carbons (Fsp3) is 0.0833. The summed E-state index contributed by atoms with van der Waals surface area (Å²) in [7, 11) is -3.79. The van der Waals surface area contributed by atoms with E-state index in [1.807, 2.05) is 0 Å². The lowest BCUT2D eigenvalue weighted by molar-refractivity contribution is 0.0660. The standard InChI is InChI=1S/C12H10ClNO5S/c13-9-3-1-2-4-11(9)20(17,18)14-7-8-5-6-10(19-8)12(15)16/h1-6,14H,7H2,(H,15,16). The predicted octanol–water partition coefficient (Wildman–Crippen LogP) is 2.11. The van der Waals surface area contributed by atoms with Crippen molar-refractivity contribution in [3.8, 4) is 0 Å². The highest BCUT2D eigenvalue weighted by Crippen LogP contribution is 2.20. The van der Waals surface area contributed by atoms with Gasteiger partial charge in [-0.3, -0.25) is 0 Å². The number of hydrogen-bond acceptors (Lipinski definition) is 4. The zero-order chi connectivity index (χ0) is 14.8. The van der Waals surface area contributed by atoms with Crippen molar-refractivity contribution in [3.63, 3.8) is 0 Å². The van der Waals surface area contributed by atoms with Gasteiger partial charge in [0, 0.05) is 0 Å². The van der Waals surface area contributed by atoms with Crippen LogP contribution < -0.4 is 4.72 Å². The number of hydrogen-bond donors (Lipinski definition) is 2. The first-order valence-electron chi connectivity index (χ1n) is 5.46. The molecule has 106 valence electrons. The van der Waals surface area contributed by atoms with Crippen molar-refractivity contribution in [2.24, 2.45) is 0 Å². The van der Waals surface area contributed by atoms with E-state index >= 15 is 0 Å². The maximum Gasteiger partial charge on any atom is 0.371 e. The van der Waals surface area contributed by atoms with Gasteiger partial charge in [0.05, 0.1) is 11.6 Å². The Morgan fingerprint density at radius 2 is 1.95 bits per heavy atom. The van der Waals surface area contributed by atoms with Crippen molar-refractivity contribution in [3.05, 3.63) is 52.9 Å². The molecule has 0 aliphatic heterocycles. The Labute approximate surface area is 120 Å². The van der Waals surface area contributed by atoms with Gasteiger partial charge in [-0.05, 0) is 24.3 Å². The Morgan fingerprint density at radius 3 is 2.55 bits per heavy atom. The van der Waals surface area contributed by atoms with E-state index in [9.17, 15) is 13.2 Å². The molecule has 20 heavy (non-hydrogen) atoms. The molecule has 0 saturated carbocycles. The van der Waals surface area contributed by atoms with Crippen molar-refractivity contribution < 1.29 is 22.7 Å². The van der Waals surface area contributed by atoms with Gasteiger partial charge in [-0.2, -0.15) is 0 Å². The maximum absolute atomic E-state index is 12.0. The van der Waals surface area contributed by atoms with Gasteiger partial charge in [-0.1, -0.05) is 23.7 Å². The highest BCUT2D eigenvalue weighted by atomic mass is 35.5. The number of nitrogens with one attached hydrogen (secondary N) is 1. The number of halogens is 1. The van der Waals surface area contributed by atoms with Crippen LogP contribution in [0.4, 0.5) is 0 Å². The molecule has 0 unspecified atom stereocenters. The van der Waals surface area contributed by atoms with Gasteiger partial charge in [0.1, 0.15) is 10.7 Å². The summed E-state index contributed by atoms with van der Waals surface area (Å²) < 4.78 is 31.3. The molecule has 0 fully saturated rings. The molecule has 0 amide bonds. The number of furan rings is 1. The first-order chi connectivity index (χ1) is 9.40. The third kappa shape index (κ3) is 3.19. The Kier molecular flexibility index (Phi) is 4.12. The van der Waals surface area contributed by atoms with E-state index in [1.165, 1.54) is 24.3 Å². The van der Waals surface area contributed by atoms with Gasteiger partial charge in [-0.25, -0.2) is 17.9 Å². The van der Waals surface area contributed by atoms with E-state index in [0.29, 0.717) is 0 Å². The first-order valence-corrected chi connectivity index (χ1v) is 7.32. The van der Waals surface area contributed by atoms with Crippen molar-refractivity contribution in [1.82, 2.24) is 4.72 Å². The van der Waals surface area contributed by atoms with Gasteiger partial charge in [-0.15, -0.1) is 0 Å². The molecule has 0 saturated heterocycles. The molecule has 0 atom stereocenters. The van der Waals surface area contributed by atoms with E-state index in [0.717, 1.165) is 0 Å². The molecule has 8 heteroatoms. The van der Waals surface area contributed by atoms with Gasteiger partial charge in [0.2, 0.25) is 15.8 Å². The quantitative estimate of drug-likeness (QED) is 0.880. The summed E-state index contributed by atoms with van der Waals surface area (Å²) in [4.78, 5) is 10.6. The zero-order valence-corrected chi connectivity index (χ0v) is 11.6. The summed E-state index contributed by atoms with van der Waals surface area (Å²) in [5, 5.41) is 8.79. The van der Waals surface area contributed by atoms with Crippen LogP contribution in [-0.4, -0.2) is 19.5 Å². The fourth-order valence-corrected chi connectivity index (χ4v) is 3.01. The Morgan fingerprint density at radius 1 is 1.25 bits per heavy atom. The minimum atomic E-state index is -3.79. The Balaban J connectivity index is 2.13. The average Bonchev–Trinajstić information content (AvgIpc) is 2.86. The van der Waals surface area contributed by atoms with Crippen molar-refractivity contribution >= 4 is 27.6 Å². The third-order valence-electron chi connectivity index (χ3n) is 2.44. The van der Waals surface area contributed by atoms with Crippen molar-refractivity contribution in [2.45, 2.75) is 11.4 Å². The fourth-order valence-electron chi connectivity index (χ4n) is 1.49. The second-order valence-corrected chi connectivity index (χ2v) is 5.97. The molecule has 2 rings (SSSR count). The number of carboxylic acids is 1. The topological polar surface area (TPSA) is 96.6 Å². The lowest BCUT2D eigenvalue weighted by atomic mass is 10.4. The molecule has 0 aliphatic carbocycles. The van der Waals surface area contributed by atoms with Crippen LogP contribution in [0.2, 0.25) is 5.02 Å². The lowest BCUT2D eigenvalue weighted by Gasteiger charge is -2.06. The number of benzene rings is 1. The summed E-state index contributed by atoms with van der Waals surface area (Å²) in [6.07, 6.45) is 0. The van der Waals surface area contributed by atoms with Crippen molar-refractivity contribution in [2.75, 3.05) is 0 Å². The van der Waals surface area contributed by atoms with Gasteiger partial charge < -0.3 is 9.52 Å². The number of aromatic carboxylic acids is 1. The predicted molar refractivity (Wildman–Crippen MR) is 71.1 cm³/mol. The average molecular weight is 316 g/mol. The highest BCUT2D eigenvalue weighted by Gasteiger charge is 2.18. The summed E-state index contributed by atoms with van der Waals surface area (Å²) in [6, 6.07) is 8.64. The summed E-state index contributed by atoms with van der Waals surface area (Å²) in [5.74, 6) is -1.28. The minimum Gasteiger partial charge on any atom is -0.475 e. The molecule has 0 bridgehead atoms. The molecule has 1 aromatic carbocycles. The summed E-state index contributed by atoms with van der Waals surface area (Å²) in [5.41, 5.74) is 0. The van der Waals surface area contributed by atoms with Crippen LogP contribution in [-0.2, 0) is 16.6 Å². The number of carbonyl (C=O) groups is 1. The molecular weight excluding hydrogens is 306 g/mol. The van der Waals surface area contributed by atoms with Crippen LogP contribution >= 0.6 is 11.6 Å². The minimum absolute atomic E-state index is 0.0494. The largest absolute Gasteiger partial charge is 0.475 e. The van der Waals surface area contributed by atoms with E-state index in [1.54, 1.807) is 12.1 Å². The molecule has 2 N–H and O–H groups in total. The zero-order valence-electron chi connectivity index (χ0n) is 10.0. The number of sulfonamides is 1. The van der Waals surface area contributed by atoms with Gasteiger partial charge >= 0.3 is 5.97 Å². The van der Waals surface area contributed by atoms with E-state index < -0.39 is 16.0 Å². The monoisotopic (exact) mass is 315 g/mol. The van der Waals surface area contributed by atoms with E-state index in [4.69, 9.17) is 21.1 Å². The molecule has 1 heterocycles. The lowest BCUT2D eigenvalue weighted by Crippen LogP contribution is -2.23. The summed E-state index contributed by atoms with van der Waals surface area (Å²) in [6.45, 7) is -0.166. The molecule has 0 radical (unpaired) electrons. The van der Waals surface area contributed by atoms with Gasteiger partial charge in [0.15, 0.2) is 0 Å². The van der Waals surface area contributed by atoms with E-state index in [-0.39, 0.29) is 28.0 Å². The second kappa shape index (κ2) is 5.66. The SMILES string of the molecule is O=C(O)c1ccc(CNS(=O)(=O)c2ccccc2Cl)o1. The molecule has 2 aromatic rings. The van der Waals surface area contributed by atoms with Crippen LogP contribution in [0.15, 0.2) is 45.7 Å². The van der Waals surface area contributed by atoms with Crippen molar-refractivity contribution in [1.29, 1.82) is 0 Å². The first kappa shape index (κ1) is 14.6. The van der Waals surface area contributed by atoms with Crippen LogP contribution in [0, 0.1) is 0 Å². The normalized spacial score (nSPS) is 11.4. The number of rotatable bonds is 5. The maximum atomic E-state index is 12.0. The smallest absolute Gasteiger partial charge is 0.371 e. The molecular formula is C12H10ClNO5S. The van der Waals surface area contributed by atoms with Crippen LogP contribution in [0.1, 0.15) is 16.3 Å². The van der Waals surface area contributed by atoms with Gasteiger partial charge in [0.25, 0.3) is 0 Å². The highest BCUT2D eigenvalue weighted by molar-refractivity contribution is 7.89. The third-order valence-corrected chi connectivity index (χ3v) is 4.34. The molecule has 1 aromatic heterocycles. The number of carboxylic acid groups (broad SMARTS) is 1. The second-order valence-electron chi connectivity index (χ2n) is 3.83. The van der Waals surface area contributed by atoms with Crippen LogP contribution in [0.3, 0.4) is 0 Å². The molecule has 0 aliphatic rings. The van der Waals surface area contributed by atoms with Crippen LogP contribution in [0.25, 0.3) is 0 Å². The van der Waals surface area contributed by atoms with E-state index in [2.05, 4.69) is 4.72 Å². The summed E-state index contributed by atoms with van der Waals surface area (Å²) >= 11 is 5.82. The molecule has 6 nitrogen and oxygen atoms in total. The Bertz CT molecular complexity index is 738. The molecule has 0 spiro atoms. The Hall–Kier alpha value is -1.83. The van der Waals surface area contributed by atoms with Crippen LogP contribution in [0.5, 0.6) is 0 Å².